The lowest BCUT2D eigenvalue weighted by Gasteiger charge is -2.35. The van der Waals surface area contributed by atoms with E-state index in [9.17, 15) is 15.6 Å². The van der Waals surface area contributed by atoms with Crippen LogP contribution in [0.4, 0.5) is 0 Å². The van der Waals surface area contributed by atoms with Crippen LogP contribution in [0.5, 0.6) is 0 Å². The van der Waals surface area contributed by atoms with Crippen LogP contribution in [-0.2, 0) is 11.2 Å². The van der Waals surface area contributed by atoms with Gasteiger partial charge in [-0.3, -0.25) is 0 Å². The molecule has 0 bridgehead atoms. The van der Waals surface area contributed by atoms with E-state index in [-0.39, 0.29) is 6.10 Å². The Hall–Kier alpha value is -2.66. The second-order valence-corrected chi connectivity index (χ2v) is 7.84. The van der Waals surface area contributed by atoms with Crippen molar-refractivity contribution < 1.29 is 9.84 Å². The molecule has 1 aliphatic rings. The largest absolute Gasteiger partial charge is 0.364 e. The molecular weight excluding hydrogens is 348 g/mol. The lowest BCUT2D eigenvalue weighted by Crippen LogP contribution is -2.25. The molecule has 0 saturated carbocycles. The number of hydrogen-bond donors (Lipinski definition) is 1. The molecule has 28 heavy (non-hydrogen) atoms. The molecule has 1 N–H and O–H groups in total. The van der Waals surface area contributed by atoms with E-state index in [0.29, 0.717) is 17.5 Å². The van der Waals surface area contributed by atoms with Crippen molar-refractivity contribution >= 4 is 0 Å². The second-order valence-electron chi connectivity index (χ2n) is 7.84. The third-order valence-electron chi connectivity index (χ3n) is 6.65. The third kappa shape index (κ3) is 2.73. The smallest absolute Gasteiger partial charge is 0.182 e. The van der Waals surface area contributed by atoms with Crippen molar-refractivity contribution in [1.82, 2.24) is 0 Å². The summed E-state index contributed by atoms with van der Waals surface area (Å²) in [6, 6.07) is 4.63. The molecule has 0 fully saturated rings. The van der Waals surface area contributed by atoms with E-state index in [1.165, 1.54) is 0 Å². The number of benzene rings is 2. The van der Waals surface area contributed by atoms with Crippen LogP contribution in [0.2, 0.25) is 0 Å². The van der Waals surface area contributed by atoms with Crippen molar-refractivity contribution in [3.8, 4) is 12.1 Å². The topological polar surface area (TPSA) is 77.0 Å². The van der Waals surface area contributed by atoms with Crippen molar-refractivity contribution in [2.75, 3.05) is 0 Å². The summed E-state index contributed by atoms with van der Waals surface area (Å²) in [4.78, 5) is 0. The van der Waals surface area contributed by atoms with E-state index in [1.807, 2.05) is 48.5 Å². The van der Waals surface area contributed by atoms with Gasteiger partial charge >= 0.3 is 0 Å². The maximum absolute atomic E-state index is 10.9. The van der Waals surface area contributed by atoms with Crippen molar-refractivity contribution in [3.05, 3.63) is 66.8 Å². The Morgan fingerprint density at radius 2 is 1.14 bits per heavy atom. The lowest BCUT2D eigenvalue weighted by molar-refractivity contribution is -0.152. The fourth-order valence-electron chi connectivity index (χ4n) is 4.63. The fraction of sp³-hybridized carbons (Fsp3) is 0.417. The highest BCUT2D eigenvalue weighted by molar-refractivity contribution is 5.59. The maximum atomic E-state index is 10.9. The highest BCUT2D eigenvalue weighted by Gasteiger charge is 2.34. The summed E-state index contributed by atoms with van der Waals surface area (Å²) in [5.74, 6) is 0. The molecule has 144 valence electrons. The molecule has 0 aromatic heterocycles. The van der Waals surface area contributed by atoms with Gasteiger partial charge in [-0.2, -0.15) is 10.5 Å². The van der Waals surface area contributed by atoms with Gasteiger partial charge < -0.3 is 9.84 Å². The molecule has 0 radical (unpaired) electrons. The van der Waals surface area contributed by atoms with E-state index < -0.39 is 6.29 Å². The Balaban J connectivity index is 2.24. The van der Waals surface area contributed by atoms with Gasteiger partial charge in [-0.25, -0.2) is 0 Å². The first-order valence-electron chi connectivity index (χ1n) is 9.52. The molecule has 0 spiro atoms. The SMILES string of the molecule is Cc1c(C)c([C@@H]2Cc3c(C)c(C#N)c(C)c(C)c3[C@@H](O)O2)c(C)c(C)c1C#N. The van der Waals surface area contributed by atoms with Crippen LogP contribution in [0.1, 0.15) is 79.2 Å². The Morgan fingerprint density at radius 3 is 1.61 bits per heavy atom. The average Bonchev–Trinajstić information content (AvgIpc) is 2.65. The first kappa shape index (κ1) is 20.1. The highest BCUT2D eigenvalue weighted by atomic mass is 16.6. The minimum Gasteiger partial charge on any atom is -0.364 e. The monoisotopic (exact) mass is 374 g/mol. The maximum Gasteiger partial charge on any atom is 0.182 e. The Kier molecular flexibility index (Phi) is 5.06. The van der Waals surface area contributed by atoms with E-state index in [2.05, 4.69) is 12.1 Å². The number of aliphatic hydroxyl groups is 1. The molecule has 0 amide bonds. The lowest BCUT2D eigenvalue weighted by atomic mass is 9.80. The number of fused-ring (bicyclic) bond motifs is 1. The molecule has 3 rings (SSSR count). The molecule has 4 nitrogen and oxygen atoms in total. The Morgan fingerprint density at radius 1 is 0.714 bits per heavy atom. The normalized spacial score (nSPS) is 18.4. The summed E-state index contributed by atoms with van der Waals surface area (Å²) in [6.45, 7) is 13.8. The molecular formula is C24H26N2O2. The van der Waals surface area contributed by atoms with E-state index in [1.54, 1.807) is 0 Å². The summed E-state index contributed by atoms with van der Waals surface area (Å²) < 4.78 is 6.10. The van der Waals surface area contributed by atoms with Gasteiger partial charge in [0.2, 0.25) is 0 Å². The predicted molar refractivity (Wildman–Crippen MR) is 108 cm³/mol. The zero-order valence-corrected chi connectivity index (χ0v) is 17.6. The van der Waals surface area contributed by atoms with Gasteiger partial charge in [0.1, 0.15) is 0 Å². The van der Waals surface area contributed by atoms with Crippen LogP contribution < -0.4 is 0 Å². The van der Waals surface area contributed by atoms with Crippen LogP contribution in [-0.4, -0.2) is 5.11 Å². The standard InChI is InChI=1S/C24H26N2O2/c1-11-14(4)22(15(5)12(2)19(11)9-25)21-8-18-17(7)20(10-26)13(3)16(6)23(18)24(27)28-21/h21,24,27H,8H2,1-7H3/t21-,24-/m0/s1. The third-order valence-corrected chi connectivity index (χ3v) is 6.65. The highest BCUT2D eigenvalue weighted by Crippen LogP contribution is 2.44. The zero-order valence-electron chi connectivity index (χ0n) is 17.6. The minimum atomic E-state index is -1.03. The summed E-state index contributed by atoms with van der Waals surface area (Å²) in [5, 5.41) is 30.0. The number of rotatable bonds is 1. The molecule has 1 aliphatic heterocycles. The van der Waals surface area contributed by atoms with Crippen LogP contribution in [0.25, 0.3) is 0 Å². The summed E-state index contributed by atoms with van der Waals surface area (Å²) in [7, 11) is 0. The summed E-state index contributed by atoms with van der Waals surface area (Å²) in [5.41, 5.74) is 10.9. The predicted octanol–water partition coefficient (Wildman–Crippen LogP) is 4.89. The molecule has 0 unspecified atom stereocenters. The fourth-order valence-corrected chi connectivity index (χ4v) is 4.63. The number of hydrogen-bond acceptors (Lipinski definition) is 4. The van der Waals surface area contributed by atoms with Crippen LogP contribution in [0.15, 0.2) is 0 Å². The molecule has 4 heteroatoms. The van der Waals surface area contributed by atoms with Gasteiger partial charge in [0, 0.05) is 12.0 Å². The van der Waals surface area contributed by atoms with Gasteiger partial charge in [-0.1, -0.05) is 0 Å². The number of ether oxygens (including phenoxy) is 1. The van der Waals surface area contributed by atoms with Crippen molar-refractivity contribution in [1.29, 1.82) is 10.5 Å². The second kappa shape index (κ2) is 7.06. The van der Waals surface area contributed by atoms with E-state index in [0.717, 1.165) is 55.6 Å². The first-order valence-corrected chi connectivity index (χ1v) is 9.52. The number of aliphatic hydroxyl groups excluding tert-OH is 1. The van der Waals surface area contributed by atoms with Gasteiger partial charge in [0.05, 0.1) is 29.4 Å². The number of nitriles is 2. The van der Waals surface area contributed by atoms with Gasteiger partial charge in [-0.05, 0) is 98.5 Å². The molecule has 2 aromatic rings. The van der Waals surface area contributed by atoms with Gasteiger partial charge in [0.15, 0.2) is 6.29 Å². The average molecular weight is 374 g/mol. The number of nitrogens with zero attached hydrogens (tertiary/aromatic N) is 2. The molecule has 1 heterocycles. The molecule has 0 aliphatic carbocycles. The first-order chi connectivity index (χ1) is 13.1. The minimum absolute atomic E-state index is 0.319. The van der Waals surface area contributed by atoms with Crippen molar-refractivity contribution in [3.63, 3.8) is 0 Å². The Bertz CT molecular complexity index is 1050. The molecule has 2 atom stereocenters. The quantitative estimate of drug-likeness (QED) is 0.770. The summed E-state index contributed by atoms with van der Waals surface area (Å²) >= 11 is 0. The van der Waals surface area contributed by atoms with Crippen molar-refractivity contribution in [2.24, 2.45) is 0 Å². The zero-order chi connectivity index (χ0) is 20.9. The van der Waals surface area contributed by atoms with E-state index in [4.69, 9.17) is 4.74 Å². The molecule has 2 aromatic carbocycles. The Labute approximate surface area is 167 Å². The molecule has 0 saturated heterocycles. The summed E-state index contributed by atoms with van der Waals surface area (Å²) in [6.07, 6.45) is -0.755. The van der Waals surface area contributed by atoms with Gasteiger partial charge in [-0.15, -0.1) is 0 Å². The van der Waals surface area contributed by atoms with Crippen LogP contribution >= 0.6 is 0 Å². The van der Waals surface area contributed by atoms with E-state index >= 15 is 0 Å². The van der Waals surface area contributed by atoms with Crippen LogP contribution in [0, 0.1) is 71.1 Å². The van der Waals surface area contributed by atoms with Gasteiger partial charge in [0.25, 0.3) is 0 Å². The van der Waals surface area contributed by atoms with Crippen LogP contribution in [0.3, 0.4) is 0 Å². The van der Waals surface area contributed by atoms with Crippen molar-refractivity contribution in [2.45, 2.75) is 67.3 Å².